The quantitative estimate of drug-likeness (QED) is 0.562. The van der Waals surface area contributed by atoms with Crippen LogP contribution in [0, 0.1) is 0 Å². The first-order valence-corrected chi connectivity index (χ1v) is 12.7. The molecule has 3 aliphatic rings. The number of aromatic nitrogens is 1. The number of hydrogen-bond donors (Lipinski definition) is 3. The van der Waals surface area contributed by atoms with E-state index < -0.39 is 0 Å². The second kappa shape index (κ2) is 10.9. The van der Waals surface area contributed by atoms with E-state index in [0.717, 1.165) is 24.6 Å². The summed E-state index contributed by atoms with van der Waals surface area (Å²) in [5.41, 5.74) is 0.723. The molecule has 3 atom stereocenters. The van der Waals surface area contributed by atoms with E-state index in [1.54, 1.807) is 6.20 Å². The lowest BCUT2D eigenvalue weighted by molar-refractivity contribution is -0.132. The molecule has 3 aliphatic heterocycles. The summed E-state index contributed by atoms with van der Waals surface area (Å²) in [4.78, 5) is 48.6. The molecule has 10 heteroatoms. The Balaban J connectivity index is 1.10. The molecular weight excluding hydrogens is 458 g/mol. The monoisotopic (exact) mass is 491 g/mol. The van der Waals surface area contributed by atoms with Crippen LogP contribution in [0.1, 0.15) is 19.3 Å². The topological polar surface area (TPSA) is 110 Å². The van der Waals surface area contributed by atoms with Gasteiger partial charge in [0.15, 0.2) is 0 Å². The Morgan fingerprint density at radius 3 is 2.56 bits per heavy atom. The third kappa shape index (κ3) is 5.59. The van der Waals surface area contributed by atoms with Crippen molar-refractivity contribution in [2.24, 2.45) is 0 Å². The standard InChI is InChI=1S/C26H33N7O3/c34-24(32-14-12-31(13-15-32)23-8-4-5-11-27-23)10-9-21-17-28-25(35)22-16-20(18-33(21)22)30-26(36)29-19-6-2-1-3-7-19/h1-8,11,20-22H,9-10,12-18H2,(H,28,35)(H2,29,30,36). The Morgan fingerprint density at radius 1 is 1.03 bits per heavy atom. The van der Waals surface area contributed by atoms with Gasteiger partial charge in [0.05, 0.1) is 6.04 Å². The Kier molecular flexibility index (Phi) is 7.31. The fraction of sp³-hybridized carbons (Fsp3) is 0.462. The van der Waals surface area contributed by atoms with Crippen molar-refractivity contribution in [1.82, 2.24) is 25.4 Å². The van der Waals surface area contributed by atoms with Crippen LogP contribution >= 0.6 is 0 Å². The van der Waals surface area contributed by atoms with Crippen molar-refractivity contribution in [3.05, 3.63) is 54.7 Å². The van der Waals surface area contributed by atoms with Crippen LogP contribution in [0.3, 0.4) is 0 Å². The van der Waals surface area contributed by atoms with E-state index in [-0.39, 0.29) is 36.0 Å². The number of para-hydroxylation sites is 1. The third-order valence-electron chi connectivity index (χ3n) is 7.29. The first-order valence-electron chi connectivity index (χ1n) is 12.7. The summed E-state index contributed by atoms with van der Waals surface area (Å²) in [6.07, 6.45) is 3.48. The molecule has 190 valence electrons. The molecule has 4 heterocycles. The highest BCUT2D eigenvalue weighted by molar-refractivity contribution is 5.89. The molecule has 3 N–H and O–H groups in total. The van der Waals surface area contributed by atoms with Crippen molar-refractivity contribution in [1.29, 1.82) is 0 Å². The lowest BCUT2D eigenvalue weighted by Crippen LogP contribution is -2.58. The SMILES string of the molecule is O=C(Nc1ccccc1)NC1CC2C(=O)NCC(CCC(=O)N3CCN(c4ccccn4)CC3)N2C1. The Bertz CT molecular complexity index is 1060. The summed E-state index contributed by atoms with van der Waals surface area (Å²) < 4.78 is 0. The number of piperazine rings is 2. The number of carbonyl (C=O) groups excluding carboxylic acids is 3. The second-order valence-electron chi connectivity index (χ2n) is 9.60. The van der Waals surface area contributed by atoms with E-state index in [9.17, 15) is 14.4 Å². The summed E-state index contributed by atoms with van der Waals surface area (Å²) in [5, 5.41) is 8.84. The molecule has 5 rings (SSSR count). The fourth-order valence-corrected chi connectivity index (χ4v) is 5.40. The number of nitrogens with zero attached hydrogens (tertiary/aromatic N) is 4. The molecule has 3 saturated heterocycles. The highest BCUT2D eigenvalue weighted by Gasteiger charge is 2.44. The second-order valence-corrected chi connectivity index (χ2v) is 9.60. The molecule has 4 amide bonds. The summed E-state index contributed by atoms with van der Waals surface area (Å²) in [5.74, 6) is 1.10. The molecule has 1 aromatic carbocycles. The fourth-order valence-electron chi connectivity index (χ4n) is 5.40. The van der Waals surface area contributed by atoms with Crippen LogP contribution in [0.2, 0.25) is 0 Å². The number of hydrogen-bond acceptors (Lipinski definition) is 6. The minimum Gasteiger partial charge on any atom is -0.353 e. The van der Waals surface area contributed by atoms with Crippen molar-refractivity contribution in [3.8, 4) is 0 Å². The van der Waals surface area contributed by atoms with Gasteiger partial charge in [-0.3, -0.25) is 14.5 Å². The van der Waals surface area contributed by atoms with Gasteiger partial charge in [0, 0.05) is 69.7 Å². The number of anilines is 2. The molecule has 10 nitrogen and oxygen atoms in total. The van der Waals surface area contributed by atoms with E-state index in [4.69, 9.17) is 0 Å². The van der Waals surface area contributed by atoms with Gasteiger partial charge in [-0.2, -0.15) is 0 Å². The molecule has 0 radical (unpaired) electrons. The number of carbonyl (C=O) groups is 3. The zero-order valence-corrected chi connectivity index (χ0v) is 20.3. The van der Waals surface area contributed by atoms with Gasteiger partial charge in [0.2, 0.25) is 11.8 Å². The normalized spacial score (nSPS) is 24.1. The Morgan fingerprint density at radius 2 is 1.81 bits per heavy atom. The van der Waals surface area contributed by atoms with Crippen LogP contribution in [0.25, 0.3) is 0 Å². The number of nitrogens with one attached hydrogen (secondary N) is 3. The van der Waals surface area contributed by atoms with Gasteiger partial charge < -0.3 is 25.8 Å². The largest absolute Gasteiger partial charge is 0.353 e. The van der Waals surface area contributed by atoms with Crippen molar-refractivity contribution in [2.45, 2.75) is 37.4 Å². The smallest absolute Gasteiger partial charge is 0.319 e. The van der Waals surface area contributed by atoms with Crippen molar-refractivity contribution in [2.75, 3.05) is 49.5 Å². The van der Waals surface area contributed by atoms with Crippen LogP contribution in [0.4, 0.5) is 16.3 Å². The molecule has 0 spiro atoms. The van der Waals surface area contributed by atoms with Crippen LogP contribution < -0.4 is 20.9 Å². The van der Waals surface area contributed by atoms with Crippen molar-refractivity contribution in [3.63, 3.8) is 0 Å². The molecule has 2 aromatic rings. The van der Waals surface area contributed by atoms with Crippen molar-refractivity contribution >= 4 is 29.4 Å². The molecule has 36 heavy (non-hydrogen) atoms. The molecule has 0 bridgehead atoms. The predicted molar refractivity (Wildman–Crippen MR) is 137 cm³/mol. The average molecular weight is 492 g/mol. The number of rotatable bonds is 6. The maximum atomic E-state index is 12.9. The minimum absolute atomic E-state index is 0.00372. The molecule has 0 saturated carbocycles. The zero-order chi connectivity index (χ0) is 24.9. The van der Waals surface area contributed by atoms with Gasteiger partial charge in [-0.1, -0.05) is 24.3 Å². The summed E-state index contributed by atoms with van der Waals surface area (Å²) >= 11 is 0. The molecule has 3 fully saturated rings. The van der Waals surface area contributed by atoms with Gasteiger partial charge in [0.1, 0.15) is 5.82 Å². The van der Waals surface area contributed by atoms with E-state index in [2.05, 4.69) is 30.7 Å². The predicted octanol–water partition coefficient (Wildman–Crippen LogP) is 1.27. The maximum Gasteiger partial charge on any atom is 0.319 e. The number of fused-ring (bicyclic) bond motifs is 1. The molecule has 3 unspecified atom stereocenters. The summed E-state index contributed by atoms with van der Waals surface area (Å²) in [6, 6.07) is 14.6. The van der Waals surface area contributed by atoms with Gasteiger partial charge in [-0.05, 0) is 37.1 Å². The summed E-state index contributed by atoms with van der Waals surface area (Å²) in [7, 11) is 0. The van der Waals surface area contributed by atoms with E-state index in [1.165, 1.54) is 0 Å². The van der Waals surface area contributed by atoms with E-state index >= 15 is 0 Å². The number of amides is 4. The highest BCUT2D eigenvalue weighted by Crippen LogP contribution is 2.26. The van der Waals surface area contributed by atoms with Crippen LogP contribution in [-0.2, 0) is 9.59 Å². The first kappa shape index (κ1) is 24.1. The summed E-state index contributed by atoms with van der Waals surface area (Å²) in [6.45, 7) is 4.04. The van der Waals surface area contributed by atoms with Crippen LogP contribution in [0.15, 0.2) is 54.7 Å². The molecular formula is C26H33N7O3. The van der Waals surface area contributed by atoms with Gasteiger partial charge in [0.25, 0.3) is 0 Å². The number of benzene rings is 1. The number of pyridine rings is 1. The molecule has 0 aliphatic carbocycles. The Labute approximate surface area is 211 Å². The van der Waals surface area contributed by atoms with Crippen LogP contribution in [0.5, 0.6) is 0 Å². The van der Waals surface area contributed by atoms with Gasteiger partial charge in [-0.25, -0.2) is 9.78 Å². The maximum absolute atomic E-state index is 12.9. The minimum atomic E-state index is -0.275. The van der Waals surface area contributed by atoms with E-state index in [0.29, 0.717) is 45.4 Å². The lowest BCUT2D eigenvalue weighted by atomic mass is 10.0. The van der Waals surface area contributed by atoms with Crippen LogP contribution in [-0.4, -0.2) is 90.0 Å². The van der Waals surface area contributed by atoms with Gasteiger partial charge >= 0.3 is 6.03 Å². The first-order chi connectivity index (χ1) is 17.6. The number of urea groups is 1. The average Bonchev–Trinajstić information content (AvgIpc) is 3.34. The highest BCUT2D eigenvalue weighted by atomic mass is 16.2. The third-order valence-corrected chi connectivity index (χ3v) is 7.29. The Hall–Kier alpha value is -3.66. The van der Waals surface area contributed by atoms with Crippen molar-refractivity contribution < 1.29 is 14.4 Å². The lowest BCUT2D eigenvalue weighted by Gasteiger charge is -2.38. The molecule has 1 aromatic heterocycles. The van der Waals surface area contributed by atoms with E-state index in [1.807, 2.05) is 53.4 Å². The zero-order valence-electron chi connectivity index (χ0n) is 20.3. The van der Waals surface area contributed by atoms with Gasteiger partial charge in [-0.15, -0.1) is 0 Å².